The zero-order valence-electron chi connectivity index (χ0n) is 13.5. The van der Waals surface area contributed by atoms with Crippen molar-refractivity contribution in [2.24, 2.45) is 17.3 Å². The van der Waals surface area contributed by atoms with Crippen LogP contribution >= 0.6 is 0 Å². The van der Waals surface area contributed by atoms with Gasteiger partial charge in [-0.05, 0) is 30.1 Å². The van der Waals surface area contributed by atoms with E-state index in [-0.39, 0.29) is 18.6 Å². The monoisotopic (exact) mass is 304 g/mol. The Morgan fingerprint density at radius 2 is 2.23 bits per heavy atom. The molecule has 2 bridgehead atoms. The van der Waals surface area contributed by atoms with Crippen LogP contribution in [0.3, 0.4) is 0 Å². The van der Waals surface area contributed by atoms with Gasteiger partial charge in [0, 0.05) is 6.42 Å². The maximum absolute atomic E-state index is 12.0. The van der Waals surface area contributed by atoms with Crippen LogP contribution in [-0.2, 0) is 13.0 Å². The van der Waals surface area contributed by atoms with E-state index in [0.717, 1.165) is 18.4 Å². The average Bonchev–Trinajstić information content (AvgIpc) is 2.94. The molecule has 0 aliphatic heterocycles. The van der Waals surface area contributed by atoms with Gasteiger partial charge in [-0.1, -0.05) is 38.1 Å². The Morgan fingerprint density at radius 1 is 1.45 bits per heavy atom. The van der Waals surface area contributed by atoms with E-state index in [9.17, 15) is 4.79 Å². The highest BCUT2D eigenvalue weighted by molar-refractivity contribution is 5.74. The Labute approximate surface area is 130 Å². The first kappa shape index (κ1) is 15.1. The lowest BCUT2D eigenvalue weighted by atomic mass is 9.46. The number of nitrogens with zero attached hydrogens (tertiary/aromatic N) is 2. The number of carbonyl (C=O) groups is 1. The molecule has 3 fully saturated rings. The summed E-state index contributed by atoms with van der Waals surface area (Å²) in [4.78, 5) is 16.2. The molecule has 120 valence electrons. The van der Waals surface area contributed by atoms with E-state index in [2.05, 4.69) is 41.2 Å². The number of hydrogen-bond acceptors (Lipinski definition) is 4. The van der Waals surface area contributed by atoms with E-state index in [1.165, 1.54) is 6.42 Å². The Bertz CT molecular complexity index is 593. The number of aromatic nitrogens is 2. The molecule has 0 radical (unpaired) electrons. The highest BCUT2D eigenvalue weighted by atomic mass is 16.5. The van der Waals surface area contributed by atoms with Crippen molar-refractivity contribution in [3.8, 4) is 0 Å². The fourth-order valence-corrected chi connectivity index (χ4v) is 3.75. The molecule has 1 unspecified atom stereocenters. The van der Waals surface area contributed by atoms with Crippen molar-refractivity contribution in [1.82, 2.24) is 20.8 Å². The van der Waals surface area contributed by atoms with Crippen LogP contribution in [0.4, 0.5) is 4.79 Å². The van der Waals surface area contributed by atoms with E-state index in [4.69, 9.17) is 4.52 Å². The number of aryl methyl sites for hydroxylation is 1. The van der Waals surface area contributed by atoms with Crippen LogP contribution in [-0.4, -0.2) is 22.2 Å². The topological polar surface area (TPSA) is 80.0 Å². The molecule has 2 N–H and O–H groups in total. The van der Waals surface area contributed by atoms with Gasteiger partial charge in [0.15, 0.2) is 5.82 Å². The summed E-state index contributed by atoms with van der Waals surface area (Å²) >= 11 is 0. The summed E-state index contributed by atoms with van der Waals surface area (Å²) in [5.74, 6) is 2.29. The lowest BCUT2D eigenvalue weighted by Crippen LogP contribution is -2.58. The van der Waals surface area contributed by atoms with Gasteiger partial charge in [0.2, 0.25) is 5.89 Å². The van der Waals surface area contributed by atoms with Crippen molar-refractivity contribution in [3.05, 3.63) is 23.9 Å². The molecule has 0 aromatic carbocycles. The predicted octanol–water partition coefficient (Wildman–Crippen LogP) is 2.42. The summed E-state index contributed by atoms with van der Waals surface area (Å²) in [6.07, 6.45) is 2.92. The van der Waals surface area contributed by atoms with Crippen LogP contribution in [0, 0.1) is 17.3 Å². The molecule has 3 aliphatic rings. The molecule has 1 aromatic heterocycles. The van der Waals surface area contributed by atoms with Crippen molar-refractivity contribution in [1.29, 1.82) is 0 Å². The summed E-state index contributed by atoms with van der Waals surface area (Å²) in [5.41, 5.74) is 1.50. The van der Waals surface area contributed by atoms with Gasteiger partial charge in [-0.3, -0.25) is 0 Å². The van der Waals surface area contributed by atoms with Crippen LogP contribution in [0.2, 0.25) is 0 Å². The molecule has 6 nitrogen and oxygen atoms in total. The summed E-state index contributed by atoms with van der Waals surface area (Å²) in [6, 6.07) is -0.132. The smallest absolute Gasteiger partial charge is 0.315 e. The molecule has 2 amide bonds. The normalized spacial score (nSPS) is 28.9. The number of fused-ring (bicyclic) bond motifs is 2. The van der Waals surface area contributed by atoms with Crippen molar-refractivity contribution in [3.63, 3.8) is 0 Å². The minimum Gasteiger partial charge on any atom is -0.337 e. The minimum absolute atomic E-state index is 0.0747. The molecule has 0 saturated heterocycles. The summed E-state index contributed by atoms with van der Waals surface area (Å²) < 4.78 is 5.05. The summed E-state index contributed by atoms with van der Waals surface area (Å²) in [5, 5.41) is 9.59. The van der Waals surface area contributed by atoms with E-state index in [1.54, 1.807) is 0 Å². The Morgan fingerprint density at radius 3 is 2.82 bits per heavy atom. The quantitative estimate of drug-likeness (QED) is 0.837. The molecule has 1 aromatic rings. The highest BCUT2D eigenvalue weighted by Gasteiger charge is 2.54. The highest BCUT2D eigenvalue weighted by Crippen LogP contribution is 2.60. The molecule has 3 aliphatic carbocycles. The summed E-state index contributed by atoms with van der Waals surface area (Å²) in [6.45, 7) is 11.0. The molecule has 1 heterocycles. The summed E-state index contributed by atoms with van der Waals surface area (Å²) in [7, 11) is 0. The largest absolute Gasteiger partial charge is 0.337 e. The standard InChI is InChI=1S/C16H24N4O2/c1-5-13-19-14(22-20-13)8-17-15(21)18-12-7-10-6-11(9(12)2)16(10,3)4/h10-12H,2,5-8H2,1,3-4H3,(H2,17,18,21)/t10-,11+,12?/m1/s1. The molecule has 6 heteroatoms. The third-order valence-electron chi connectivity index (χ3n) is 5.42. The van der Waals surface area contributed by atoms with Gasteiger partial charge < -0.3 is 15.2 Å². The molecule has 22 heavy (non-hydrogen) atoms. The second-order valence-electron chi connectivity index (χ2n) is 6.95. The van der Waals surface area contributed by atoms with Gasteiger partial charge in [0.1, 0.15) is 0 Å². The first-order valence-corrected chi connectivity index (χ1v) is 7.96. The fourth-order valence-electron chi connectivity index (χ4n) is 3.75. The Hall–Kier alpha value is -1.85. The molecule has 3 saturated carbocycles. The SMILES string of the molecule is C=C1C(NC(=O)NCc2nc(CC)no2)C[C@H]2C[C@@H]1C2(C)C. The zero-order valence-corrected chi connectivity index (χ0v) is 13.5. The van der Waals surface area contributed by atoms with Gasteiger partial charge in [-0.15, -0.1) is 0 Å². The molecule has 4 rings (SSSR count). The van der Waals surface area contributed by atoms with Crippen molar-refractivity contribution >= 4 is 6.03 Å². The van der Waals surface area contributed by atoms with Crippen molar-refractivity contribution in [2.75, 3.05) is 0 Å². The van der Waals surface area contributed by atoms with E-state index >= 15 is 0 Å². The van der Waals surface area contributed by atoms with Gasteiger partial charge in [0.05, 0.1) is 12.6 Å². The van der Waals surface area contributed by atoms with Gasteiger partial charge >= 0.3 is 6.03 Å². The number of hydrogen-bond donors (Lipinski definition) is 2. The average molecular weight is 304 g/mol. The van der Waals surface area contributed by atoms with Gasteiger partial charge in [-0.2, -0.15) is 4.98 Å². The maximum atomic E-state index is 12.0. The number of rotatable bonds is 4. The van der Waals surface area contributed by atoms with E-state index in [1.807, 2.05) is 6.92 Å². The molecule has 3 atom stereocenters. The first-order chi connectivity index (χ1) is 10.4. The van der Waals surface area contributed by atoms with Crippen LogP contribution < -0.4 is 10.6 Å². The Kier molecular flexibility index (Phi) is 3.70. The Balaban J connectivity index is 1.49. The second kappa shape index (κ2) is 5.41. The zero-order chi connectivity index (χ0) is 15.9. The molecule has 0 spiro atoms. The number of nitrogens with one attached hydrogen (secondary N) is 2. The third kappa shape index (κ3) is 2.51. The maximum Gasteiger partial charge on any atom is 0.315 e. The predicted molar refractivity (Wildman–Crippen MR) is 82.0 cm³/mol. The van der Waals surface area contributed by atoms with Crippen LogP contribution in [0.5, 0.6) is 0 Å². The van der Waals surface area contributed by atoms with Crippen molar-refractivity contribution < 1.29 is 9.32 Å². The lowest BCUT2D eigenvalue weighted by Gasteiger charge is -2.59. The number of carbonyl (C=O) groups excluding carboxylic acids is 1. The van der Waals surface area contributed by atoms with Gasteiger partial charge in [-0.25, -0.2) is 4.79 Å². The van der Waals surface area contributed by atoms with E-state index in [0.29, 0.717) is 29.0 Å². The minimum atomic E-state index is -0.207. The number of urea groups is 1. The second-order valence-corrected chi connectivity index (χ2v) is 6.95. The molecular formula is C16H24N4O2. The van der Waals surface area contributed by atoms with Crippen LogP contribution in [0.15, 0.2) is 16.7 Å². The third-order valence-corrected chi connectivity index (χ3v) is 5.42. The lowest BCUT2D eigenvalue weighted by molar-refractivity contribution is -0.0368. The first-order valence-electron chi connectivity index (χ1n) is 7.96. The van der Waals surface area contributed by atoms with Crippen LogP contribution in [0.1, 0.15) is 45.3 Å². The van der Waals surface area contributed by atoms with Crippen molar-refractivity contribution in [2.45, 2.75) is 52.6 Å². The van der Waals surface area contributed by atoms with E-state index < -0.39 is 0 Å². The molecular weight excluding hydrogens is 280 g/mol. The number of amides is 2. The fraction of sp³-hybridized carbons (Fsp3) is 0.688. The van der Waals surface area contributed by atoms with Crippen LogP contribution in [0.25, 0.3) is 0 Å². The van der Waals surface area contributed by atoms with Gasteiger partial charge in [0.25, 0.3) is 0 Å².